The quantitative estimate of drug-likeness (QED) is 0.709. The molecule has 1 aliphatic heterocycles. The summed E-state index contributed by atoms with van der Waals surface area (Å²) in [5.41, 5.74) is 0.640. The Morgan fingerprint density at radius 2 is 1.97 bits per heavy atom. The molecule has 1 aromatic carbocycles. The molecule has 2 aliphatic rings. The molecule has 0 spiro atoms. The molecule has 158 valence electrons. The second-order valence-electron chi connectivity index (χ2n) is 7.85. The minimum absolute atomic E-state index is 0.00698. The average Bonchev–Trinajstić information content (AvgIpc) is 2.73. The molecule has 1 fully saturated rings. The number of esters is 1. The van der Waals surface area contributed by atoms with Crippen molar-refractivity contribution in [1.82, 2.24) is 5.32 Å². The second kappa shape index (κ2) is 9.76. The van der Waals surface area contributed by atoms with E-state index in [9.17, 15) is 14.4 Å². The summed E-state index contributed by atoms with van der Waals surface area (Å²) in [4.78, 5) is 38.4. The molecule has 3 rings (SSSR count). The molecule has 1 aromatic rings. The number of anilines is 1. The highest BCUT2D eigenvalue weighted by atomic mass is 16.5. The van der Waals surface area contributed by atoms with Gasteiger partial charge in [-0.1, -0.05) is 31.4 Å². The summed E-state index contributed by atoms with van der Waals surface area (Å²) in [5, 5.41) is 2.89. The third-order valence-corrected chi connectivity index (χ3v) is 5.58. The minimum Gasteiger partial charge on any atom is -0.479 e. The first kappa shape index (κ1) is 21.1. The van der Waals surface area contributed by atoms with Gasteiger partial charge in [0, 0.05) is 13.1 Å². The van der Waals surface area contributed by atoms with Gasteiger partial charge in [0.05, 0.1) is 12.1 Å². The largest absolute Gasteiger partial charge is 0.479 e. The summed E-state index contributed by atoms with van der Waals surface area (Å²) < 4.78 is 10.9. The number of rotatable bonds is 7. The average molecular weight is 402 g/mol. The normalized spacial score (nSPS) is 20.4. The highest BCUT2D eigenvalue weighted by molar-refractivity contribution is 6.00. The lowest BCUT2D eigenvalue weighted by Gasteiger charge is -2.32. The first-order valence-electron chi connectivity index (χ1n) is 10.5. The number of nitrogens with zero attached hydrogens (tertiary/aromatic N) is 1. The van der Waals surface area contributed by atoms with E-state index in [1.54, 1.807) is 30.9 Å². The van der Waals surface area contributed by atoms with Gasteiger partial charge in [0.2, 0.25) is 0 Å². The van der Waals surface area contributed by atoms with Crippen molar-refractivity contribution in [3.63, 3.8) is 0 Å². The zero-order valence-corrected chi connectivity index (χ0v) is 17.2. The lowest BCUT2D eigenvalue weighted by atomic mass is 9.89. The summed E-state index contributed by atoms with van der Waals surface area (Å²) in [5.74, 6) is 0.156. The van der Waals surface area contributed by atoms with Crippen LogP contribution in [0.15, 0.2) is 24.3 Å². The molecular weight excluding hydrogens is 372 g/mol. The van der Waals surface area contributed by atoms with E-state index in [0.717, 1.165) is 12.8 Å². The van der Waals surface area contributed by atoms with Crippen molar-refractivity contribution in [2.24, 2.45) is 5.92 Å². The molecule has 1 aliphatic carbocycles. The van der Waals surface area contributed by atoms with E-state index in [2.05, 4.69) is 5.32 Å². The smallest absolute Gasteiger partial charge is 0.308 e. The fraction of sp³-hybridized carbons (Fsp3) is 0.591. The van der Waals surface area contributed by atoms with Crippen LogP contribution in [-0.2, 0) is 19.1 Å². The molecular formula is C22H30N2O5. The van der Waals surface area contributed by atoms with E-state index in [1.807, 2.05) is 12.1 Å². The summed E-state index contributed by atoms with van der Waals surface area (Å²) in [6.45, 7) is 4.07. The molecule has 0 radical (unpaired) electrons. The predicted octanol–water partition coefficient (Wildman–Crippen LogP) is 2.82. The van der Waals surface area contributed by atoms with Crippen LogP contribution < -0.4 is 15.0 Å². The van der Waals surface area contributed by atoms with Gasteiger partial charge in [-0.15, -0.1) is 0 Å². The van der Waals surface area contributed by atoms with Gasteiger partial charge in [-0.2, -0.15) is 0 Å². The van der Waals surface area contributed by atoms with Crippen LogP contribution in [0.2, 0.25) is 0 Å². The number of carbonyl (C=O) groups is 3. The molecule has 2 amide bonds. The number of hydrogen-bond acceptors (Lipinski definition) is 5. The summed E-state index contributed by atoms with van der Waals surface area (Å²) in [6, 6.07) is 7.23. The van der Waals surface area contributed by atoms with Gasteiger partial charge in [-0.05, 0) is 44.7 Å². The zero-order valence-electron chi connectivity index (χ0n) is 17.2. The number of carbonyl (C=O) groups excluding carboxylic acids is 3. The Balaban J connectivity index is 1.46. The molecule has 1 N–H and O–H groups in total. The highest BCUT2D eigenvalue weighted by Crippen LogP contribution is 2.33. The zero-order chi connectivity index (χ0) is 20.8. The lowest BCUT2D eigenvalue weighted by Crippen LogP contribution is -2.45. The van der Waals surface area contributed by atoms with E-state index < -0.39 is 18.2 Å². The predicted molar refractivity (Wildman–Crippen MR) is 109 cm³/mol. The third-order valence-electron chi connectivity index (χ3n) is 5.58. The maximum Gasteiger partial charge on any atom is 0.308 e. The van der Waals surface area contributed by atoms with E-state index in [0.29, 0.717) is 23.9 Å². The molecule has 2 atom stereocenters. The summed E-state index contributed by atoms with van der Waals surface area (Å²) in [7, 11) is 0. The van der Waals surface area contributed by atoms with Gasteiger partial charge in [0.25, 0.3) is 11.8 Å². The monoisotopic (exact) mass is 402 g/mol. The second-order valence-corrected chi connectivity index (χ2v) is 7.85. The van der Waals surface area contributed by atoms with Crippen molar-refractivity contribution in [3.8, 4) is 5.75 Å². The van der Waals surface area contributed by atoms with Crippen molar-refractivity contribution < 1.29 is 23.9 Å². The molecule has 1 heterocycles. The Labute approximate surface area is 171 Å². The topological polar surface area (TPSA) is 84.9 Å². The fourth-order valence-corrected chi connectivity index (χ4v) is 3.88. The van der Waals surface area contributed by atoms with Crippen molar-refractivity contribution in [3.05, 3.63) is 24.3 Å². The van der Waals surface area contributed by atoms with Crippen LogP contribution in [0.4, 0.5) is 5.69 Å². The van der Waals surface area contributed by atoms with Gasteiger partial charge in [0.1, 0.15) is 5.75 Å². The number of ether oxygens (including phenoxy) is 2. The number of benzene rings is 1. The van der Waals surface area contributed by atoms with Crippen molar-refractivity contribution >= 4 is 23.5 Å². The number of hydrogen-bond donors (Lipinski definition) is 1. The van der Waals surface area contributed by atoms with Crippen molar-refractivity contribution in [1.29, 1.82) is 0 Å². The van der Waals surface area contributed by atoms with Crippen LogP contribution in [0.1, 0.15) is 52.4 Å². The number of nitrogens with one attached hydrogen (secondary N) is 1. The van der Waals surface area contributed by atoms with Crippen LogP contribution in [-0.4, -0.2) is 43.1 Å². The van der Waals surface area contributed by atoms with Crippen LogP contribution in [0.5, 0.6) is 5.75 Å². The lowest BCUT2D eigenvalue weighted by molar-refractivity contribution is -0.154. The van der Waals surface area contributed by atoms with E-state index in [-0.39, 0.29) is 24.8 Å². The molecule has 7 heteroatoms. The third kappa shape index (κ3) is 5.49. The Kier molecular flexibility index (Phi) is 7.12. The molecule has 29 heavy (non-hydrogen) atoms. The Morgan fingerprint density at radius 1 is 1.24 bits per heavy atom. The van der Waals surface area contributed by atoms with E-state index in [4.69, 9.17) is 9.47 Å². The summed E-state index contributed by atoms with van der Waals surface area (Å²) >= 11 is 0. The highest BCUT2D eigenvalue weighted by Gasteiger charge is 2.31. The number of amides is 2. The molecule has 0 aromatic heterocycles. The van der Waals surface area contributed by atoms with Gasteiger partial charge in [-0.3, -0.25) is 14.4 Å². The molecule has 1 saturated carbocycles. The molecule has 7 nitrogen and oxygen atoms in total. The van der Waals surface area contributed by atoms with Crippen LogP contribution in [0, 0.1) is 5.92 Å². The van der Waals surface area contributed by atoms with Gasteiger partial charge in [-0.25, -0.2) is 0 Å². The number of para-hydroxylation sites is 2. The van der Waals surface area contributed by atoms with Crippen LogP contribution >= 0.6 is 0 Å². The molecule has 0 saturated heterocycles. The van der Waals surface area contributed by atoms with E-state index in [1.165, 1.54) is 19.3 Å². The maximum atomic E-state index is 12.5. The Bertz CT molecular complexity index is 744. The Morgan fingerprint density at radius 3 is 2.72 bits per heavy atom. The van der Waals surface area contributed by atoms with Gasteiger partial charge >= 0.3 is 5.97 Å². The van der Waals surface area contributed by atoms with Crippen molar-refractivity contribution in [2.45, 2.75) is 64.6 Å². The maximum absolute atomic E-state index is 12.5. The first-order valence-corrected chi connectivity index (χ1v) is 10.5. The van der Waals surface area contributed by atoms with Crippen LogP contribution in [0.3, 0.4) is 0 Å². The van der Waals surface area contributed by atoms with Crippen LogP contribution in [0.25, 0.3) is 0 Å². The minimum atomic E-state index is -0.849. The molecule has 0 bridgehead atoms. The SMILES string of the molecule is C[C@H](OC(=O)CCN1C(=O)[C@H](C)Oc2ccccc21)C(=O)NCC1CCCCC1. The van der Waals surface area contributed by atoms with E-state index >= 15 is 0 Å². The van der Waals surface area contributed by atoms with Crippen molar-refractivity contribution in [2.75, 3.05) is 18.0 Å². The Hall–Kier alpha value is -2.57. The first-order chi connectivity index (χ1) is 14.0. The summed E-state index contributed by atoms with van der Waals surface area (Å²) in [6.07, 6.45) is 4.54. The molecule has 0 unspecified atom stereocenters. The van der Waals surface area contributed by atoms with Gasteiger partial charge in [0.15, 0.2) is 12.2 Å². The standard InChI is InChI=1S/C22H30N2O5/c1-15(21(26)23-14-17-8-4-3-5-9-17)29-20(25)12-13-24-18-10-6-7-11-19(18)28-16(2)22(24)27/h6-7,10-11,15-17H,3-5,8-9,12-14H2,1-2H3,(H,23,26)/t15-,16-/m0/s1. The van der Waals surface area contributed by atoms with Gasteiger partial charge < -0.3 is 19.7 Å². The fourth-order valence-electron chi connectivity index (χ4n) is 3.88. The number of fused-ring (bicyclic) bond motifs is 1.